The summed E-state index contributed by atoms with van der Waals surface area (Å²) in [6, 6.07) is 8.87. The second kappa shape index (κ2) is 9.69. The summed E-state index contributed by atoms with van der Waals surface area (Å²) in [5.74, 6) is 0.153. The van der Waals surface area contributed by atoms with Crippen molar-refractivity contribution in [1.29, 1.82) is 0 Å². The lowest BCUT2D eigenvalue weighted by atomic mass is 10.2. The number of hydrogen-bond acceptors (Lipinski definition) is 4. The largest absolute Gasteiger partial charge is 0.340 e. The summed E-state index contributed by atoms with van der Waals surface area (Å²) in [5, 5.41) is 3.64. The molecule has 27 heavy (non-hydrogen) atoms. The molecule has 0 aliphatic carbocycles. The molecular formula is C19H22Cl2N4O2. The Balaban J connectivity index is 1.81. The summed E-state index contributed by atoms with van der Waals surface area (Å²) in [7, 11) is 3.42. The topological polar surface area (TPSA) is 65.5 Å². The summed E-state index contributed by atoms with van der Waals surface area (Å²) in [4.78, 5) is 31.8. The minimum absolute atomic E-state index is 0.0852. The number of amides is 2. The molecular weight excluding hydrogens is 387 g/mol. The minimum Gasteiger partial charge on any atom is -0.340 e. The molecule has 144 valence electrons. The highest BCUT2D eigenvalue weighted by Crippen LogP contribution is 2.23. The Morgan fingerprint density at radius 2 is 1.81 bits per heavy atom. The molecule has 8 heteroatoms. The van der Waals surface area contributed by atoms with Gasteiger partial charge in [-0.15, -0.1) is 0 Å². The molecule has 0 aliphatic heterocycles. The molecule has 1 aromatic heterocycles. The first-order chi connectivity index (χ1) is 12.7. The molecule has 1 heterocycles. The lowest BCUT2D eigenvalue weighted by molar-refractivity contribution is -0.131. The Labute approximate surface area is 169 Å². The van der Waals surface area contributed by atoms with E-state index in [1.807, 2.05) is 19.1 Å². The molecule has 0 fully saturated rings. The minimum atomic E-state index is -0.228. The monoisotopic (exact) mass is 408 g/mol. The number of anilines is 1. The maximum atomic E-state index is 12.4. The summed E-state index contributed by atoms with van der Waals surface area (Å²) in [5.41, 5.74) is 1.90. The zero-order valence-electron chi connectivity index (χ0n) is 15.5. The van der Waals surface area contributed by atoms with Crippen LogP contribution in [0.2, 0.25) is 10.0 Å². The van der Waals surface area contributed by atoms with Crippen molar-refractivity contribution in [1.82, 2.24) is 14.8 Å². The number of carbonyl (C=O) groups is 2. The van der Waals surface area contributed by atoms with Gasteiger partial charge in [-0.25, -0.2) is 4.98 Å². The van der Waals surface area contributed by atoms with Crippen molar-refractivity contribution in [3.63, 3.8) is 0 Å². The number of aromatic nitrogens is 1. The first kappa shape index (κ1) is 21.2. The van der Waals surface area contributed by atoms with Crippen LogP contribution in [0.4, 0.5) is 5.82 Å². The smallest absolute Gasteiger partial charge is 0.239 e. The zero-order chi connectivity index (χ0) is 20.0. The van der Waals surface area contributed by atoms with E-state index >= 15 is 0 Å². The van der Waals surface area contributed by atoms with Crippen LogP contribution in [-0.4, -0.2) is 53.8 Å². The number of benzene rings is 1. The molecule has 2 aromatic rings. The van der Waals surface area contributed by atoms with E-state index in [0.29, 0.717) is 22.4 Å². The van der Waals surface area contributed by atoms with Crippen molar-refractivity contribution in [3.05, 3.63) is 57.7 Å². The number of likely N-dealkylation sites (N-methyl/N-ethyl adjacent to an activating group) is 2. The van der Waals surface area contributed by atoms with Gasteiger partial charge < -0.3 is 10.2 Å². The third-order valence-corrected chi connectivity index (χ3v) is 4.57. The van der Waals surface area contributed by atoms with Crippen LogP contribution < -0.4 is 5.32 Å². The molecule has 0 unspecified atom stereocenters. The Kier molecular flexibility index (Phi) is 7.59. The standard InChI is InChI=1S/C19H22Cl2N4O2/c1-13-4-7-17(22-9-13)23-18(26)11-24(2)12-19(27)25(3)10-14-5-6-15(20)16(21)8-14/h4-9H,10-12H2,1-3H3,(H,22,23,26). The molecule has 1 aromatic carbocycles. The van der Waals surface area contributed by atoms with Crippen LogP contribution in [-0.2, 0) is 16.1 Å². The number of nitrogens with one attached hydrogen (secondary N) is 1. The van der Waals surface area contributed by atoms with E-state index in [1.54, 1.807) is 48.3 Å². The summed E-state index contributed by atoms with van der Waals surface area (Å²) < 4.78 is 0. The lowest BCUT2D eigenvalue weighted by Crippen LogP contribution is -2.39. The molecule has 0 spiro atoms. The summed E-state index contributed by atoms with van der Waals surface area (Å²) in [6.45, 7) is 2.53. The first-order valence-corrected chi connectivity index (χ1v) is 9.09. The molecule has 6 nitrogen and oxygen atoms in total. The number of halogens is 2. The molecule has 0 saturated carbocycles. The normalized spacial score (nSPS) is 10.7. The van der Waals surface area contributed by atoms with Crippen LogP contribution >= 0.6 is 23.2 Å². The highest BCUT2D eigenvalue weighted by Gasteiger charge is 2.15. The van der Waals surface area contributed by atoms with Crippen LogP contribution in [0, 0.1) is 6.92 Å². The quantitative estimate of drug-likeness (QED) is 0.763. The van der Waals surface area contributed by atoms with Crippen molar-refractivity contribution in [2.24, 2.45) is 0 Å². The summed E-state index contributed by atoms with van der Waals surface area (Å²) in [6.07, 6.45) is 1.68. The van der Waals surface area contributed by atoms with Crippen LogP contribution in [0.3, 0.4) is 0 Å². The summed E-state index contributed by atoms with van der Waals surface area (Å²) >= 11 is 11.9. The van der Waals surface area contributed by atoms with Crippen molar-refractivity contribution >= 4 is 40.8 Å². The number of pyridine rings is 1. The third-order valence-electron chi connectivity index (χ3n) is 3.83. The fourth-order valence-electron chi connectivity index (χ4n) is 2.38. The van der Waals surface area contributed by atoms with Gasteiger partial charge in [-0.1, -0.05) is 35.3 Å². The SMILES string of the molecule is Cc1ccc(NC(=O)CN(C)CC(=O)N(C)Cc2ccc(Cl)c(Cl)c2)nc1. The Morgan fingerprint density at radius 3 is 2.44 bits per heavy atom. The third kappa shape index (κ3) is 6.82. The Bertz CT molecular complexity index is 812. The molecule has 2 rings (SSSR count). The molecule has 2 amide bonds. The highest BCUT2D eigenvalue weighted by atomic mass is 35.5. The van der Waals surface area contributed by atoms with Crippen LogP contribution in [0.25, 0.3) is 0 Å². The van der Waals surface area contributed by atoms with E-state index in [1.165, 1.54) is 0 Å². The molecule has 0 bridgehead atoms. The lowest BCUT2D eigenvalue weighted by Gasteiger charge is -2.22. The van der Waals surface area contributed by atoms with Gasteiger partial charge in [0.1, 0.15) is 5.82 Å². The zero-order valence-corrected chi connectivity index (χ0v) is 17.0. The van der Waals surface area contributed by atoms with E-state index in [9.17, 15) is 9.59 Å². The molecule has 0 atom stereocenters. The van der Waals surface area contributed by atoms with Gasteiger partial charge in [0.25, 0.3) is 0 Å². The number of rotatable bonds is 7. The molecule has 1 N–H and O–H groups in total. The predicted molar refractivity (Wildman–Crippen MR) is 108 cm³/mol. The Hall–Kier alpha value is -2.15. The van der Waals surface area contributed by atoms with Crippen molar-refractivity contribution in [2.45, 2.75) is 13.5 Å². The second-order valence-electron chi connectivity index (χ2n) is 6.44. The number of aryl methyl sites for hydroxylation is 1. The van der Waals surface area contributed by atoms with Crippen molar-refractivity contribution < 1.29 is 9.59 Å². The van der Waals surface area contributed by atoms with E-state index in [4.69, 9.17) is 23.2 Å². The van der Waals surface area contributed by atoms with Gasteiger partial charge >= 0.3 is 0 Å². The van der Waals surface area contributed by atoms with Gasteiger partial charge in [-0.05, 0) is 43.3 Å². The van der Waals surface area contributed by atoms with Gasteiger partial charge in [-0.3, -0.25) is 14.5 Å². The van der Waals surface area contributed by atoms with E-state index < -0.39 is 0 Å². The van der Waals surface area contributed by atoms with Gasteiger partial charge in [-0.2, -0.15) is 0 Å². The van der Waals surface area contributed by atoms with Gasteiger partial charge in [0.2, 0.25) is 11.8 Å². The van der Waals surface area contributed by atoms with Gasteiger partial charge in [0.15, 0.2) is 0 Å². The maximum Gasteiger partial charge on any atom is 0.239 e. The van der Waals surface area contributed by atoms with Crippen LogP contribution in [0.1, 0.15) is 11.1 Å². The number of hydrogen-bond donors (Lipinski definition) is 1. The fraction of sp³-hybridized carbons (Fsp3) is 0.316. The van der Waals surface area contributed by atoms with Gasteiger partial charge in [0.05, 0.1) is 23.1 Å². The van der Waals surface area contributed by atoms with Gasteiger partial charge in [0, 0.05) is 19.8 Å². The highest BCUT2D eigenvalue weighted by molar-refractivity contribution is 6.42. The van der Waals surface area contributed by atoms with E-state index in [0.717, 1.165) is 11.1 Å². The number of carbonyl (C=O) groups excluding carboxylic acids is 2. The van der Waals surface area contributed by atoms with Crippen LogP contribution in [0.15, 0.2) is 36.5 Å². The molecule has 0 radical (unpaired) electrons. The van der Waals surface area contributed by atoms with E-state index in [-0.39, 0.29) is 24.9 Å². The predicted octanol–water partition coefficient (Wildman–Crippen LogP) is 3.23. The molecule has 0 saturated heterocycles. The van der Waals surface area contributed by atoms with E-state index in [2.05, 4.69) is 10.3 Å². The second-order valence-corrected chi connectivity index (χ2v) is 7.25. The molecule has 0 aliphatic rings. The number of nitrogens with zero attached hydrogens (tertiary/aromatic N) is 3. The maximum absolute atomic E-state index is 12.4. The average Bonchev–Trinajstić information content (AvgIpc) is 2.60. The van der Waals surface area contributed by atoms with Crippen molar-refractivity contribution in [2.75, 3.05) is 32.5 Å². The van der Waals surface area contributed by atoms with Crippen molar-refractivity contribution in [3.8, 4) is 0 Å². The average molecular weight is 409 g/mol. The van der Waals surface area contributed by atoms with Crippen LogP contribution in [0.5, 0.6) is 0 Å². The fourth-order valence-corrected chi connectivity index (χ4v) is 2.70. The first-order valence-electron chi connectivity index (χ1n) is 8.33. The Morgan fingerprint density at radius 1 is 1.07 bits per heavy atom.